The Morgan fingerprint density at radius 1 is 1.17 bits per heavy atom. The zero-order chi connectivity index (χ0) is 16.2. The van der Waals surface area contributed by atoms with Crippen LogP contribution in [0.1, 0.15) is 24.0 Å². The summed E-state index contributed by atoms with van der Waals surface area (Å²) in [6.45, 7) is 0.786. The molecule has 24 heavy (non-hydrogen) atoms. The second-order valence-corrected chi connectivity index (χ2v) is 6.14. The summed E-state index contributed by atoms with van der Waals surface area (Å²) in [5, 5.41) is 0. The van der Waals surface area contributed by atoms with Gasteiger partial charge in [-0.15, -0.1) is 12.4 Å². The van der Waals surface area contributed by atoms with Crippen LogP contribution in [0.4, 0.5) is 10.1 Å². The van der Waals surface area contributed by atoms with Crippen molar-refractivity contribution in [1.82, 2.24) is 4.90 Å². The van der Waals surface area contributed by atoms with Crippen LogP contribution >= 0.6 is 12.4 Å². The average molecular weight is 349 g/mol. The third kappa shape index (κ3) is 4.48. The summed E-state index contributed by atoms with van der Waals surface area (Å²) in [6.07, 6.45) is 3.09. The van der Waals surface area contributed by atoms with Crippen LogP contribution in [0.5, 0.6) is 0 Å². The lowest BCUT2D eigenvalue weighted by molar-refractivity contribution is -0.131. The molecule has 1 unspecified atom stereocenters. The maximum Gasteiger partial charge on any atom is 0.227 e. The number of carbonyl (C=O) groups is 1. The van der Waals surface area contributed by atoms with E-state index in [1.807, 2.05) is 35.2 Å². The van der Waals surface area contributed by atoms with Gasteiger partial charge in [-0.3, -0.25) is 4.79 Å². The van der Waals surface area contributed by atoms with Gasteiger partial charge in [-0.2, -0.15) is 0 Å². The Balaban J connectivity index is 0.00000208. The number of nitrogen functional groups attached to an aromatic ring is 1. The molecule has 1 heterocycles. The van der Waals surface area contributed by atoms with Crippen LogP contribution in [-0.2, 0) is 17.6 Å². The molecule has 1 aliphatic rings. The van der Waals surface area contributed by atoms with E-state index in [2.05, 4.69) is 0 Å². The van der Waals surface area contributed by atoms with Crippen molar-refractivity contribution in [3.05, 3.63) is 65.5 Å². The number of nitrogens with two attached hydrogens (primary N) is 1. The predicted molar refractivity (Wildman–Crippen MR) is 96.6 cm³/mol. The zero-order valence-corrected chi connectivity index (χ0v) is 14.3. The van der Waals surface area contributed by atoms with Crippen molar-refractivity contribution in [2.75, 3.05) is 12.3 Å². The summed E-state index contributed by atoms with van der Waals surface area (Å²) in [5.74, 6) is -0.0890. The molecule has 2 aromatic rings. The number of nitrogens with zero attached hydrogens (tertiary/aromatic N) is 1. The van der Waals surface area contributed by atoms with Crippen molar-refractivity contribution < 1.29 is 9.18 Å². The van der Waals surface area contributed by atoms with Crippen LogP contribution in [0.15, 0.2) is 48.5 Å². The summed E-state index contributed by atoms with van der Waals surface area (Å²) >= 11 is 0. The van der Waals surface area contributed by atoms with Gasteiger partial charge >= 0.3 is 0 Å². The molecule has 0 radical (unpaired) electrons. The van der Waals surface area contributed by atoms with Crippen molar-refractivity contribution in [2.45, 2.75) is 31.7 Å². The Kier molecular flexibility index (Phi) is 6.21. The quantitative estimate of drug-likeness (QED) is 0.858. The van der Waals surface area contributed by atoms with Gasteiger partial charge in [0.15, 0.2) is 0 Å². The molecule has 0 saturated carbocycles. The van der Waals surface area contributed by atoms with Gasteiger partial charge in [-0.1, -0.05) is 24.3 Å². The molecule has 0 spiro atoms. The van der Waals surface area contributed by atoms with E-state index in [1.165, 1.54) is 6.07 Å². The lowest BCUT2D eigenvalue weighted by Gasteiger charge is -2.25. The molecule has 128 valence electrons. The van der Waals surface area contributed by atoms with E-state index in [-0.39, 0.29) is 30.2 Å². The van der Waals surface area contributed by atoms with Gasteiger partial charge < -0.3 is 10.6 Å². The molecule has 3 rings (SSSR count). The van der Waals surface area contributed by atoms with Crippen molar-refractivity contribution in [3.63, 3.8) is 0 Å². The predicted octanol–water partition coefficient (Wildman–Crippen LogP) is 3.61. The van der Waals surface area contributed by atoms with Gasteiger partial charge in [0.25, 0.3) is 0 Å². The second kappa shape index (κ2) is 8.15. The fraction of sp³-hybridized carbons (Fsp3) is 0.316. The molecule has 3 nitrogen and oxygen atoms in total. The Bertz CT molecular complexity index is 690. The first-order valence-corrected chi connectivity index (χ1v) is 8.00. The SMILES string of the molecule is Cl.Nc1ccc(CC(=O)N2CCCC2Cc2cccc(F)c2)cc1. The number of likely N-dealkylation sites (tertiary alicyclic amines) is 1. The van der Waals surface area contributed by atoms with E-state index in [1.54, 1.807) is 12.1 Å². The van der Waals surface area contributed by atoms with Crippen molar-refractivity contribution in [3.8, 4) is 0 Å². The standard InChI is InChI=1S/C19H21FN2O.ClH/c20-16-4-1-3-15(11-16)12-18-5-2-10-22(18)19(23)13-14-6-8-17(21)9-7-14;/h1,3-4,6-9,11,18H,2,5,10,12-13,21H2;1H. The van der Waals surface area contributed by atoms with E-state index in [0.717, 1.165) is 30.5 Å². The first-order valence-electron chi connectivity index (χ1n) is 8.00. The van der Waals surface area contributed by atoms with Crippen LogP contribution < -0.4 is 5.73 Å². The summed E-state index contributed by atoms with van der Waals surface area (Å²) in [4.78, 5) is 14.5. The molecular weight excluding hydrogens is 327 g/mol. The molecule has 1 amide bonds. The third-order valence-corrected chi connectivity index (χ3v) is 4.39. The summed E-state index contributed by atoms with van der Waals surface area (Å²) < 4.78 is 13.3. The van der Waals surface area contributed by atoms with Gasteiger partial charge in [-0.25, -0.2) is 4.39 Å². The molecule has 0 bridgehead atoms. The van der Waals surface area contributed by atoms with Crippen LogP contribution in [0.2, 0.25) is 0 Å². The molecule has 2 aromatic carbocycles. The molecule has 5 heteroatoms. The number of halogens is 2. The van der Waals surface area contributed by atoms with Crippen molar-refractivity contribution in [1.29, 1.82) is 0 Å². The zero-order valence-electron chi connectivity index (χ0n) is 13.5. The highest BCUT2D eigenvalue weighted by atomic mass is 35.5. The fourth-order valence-corrected chi connectivity index (χ4v) is 3.22. The number of carbonyl (C=O) groups excluding carboxylic acids is 1. The molecule has 1 fully saturated rings. The van der Waals surface area contributed by atoms with Crippen LogP contribution in [0.25, 0.3) is 0 Å². The maximum atomic E-state index is 13.3. The number of benzene rings is 2. The van der Waals surface area contributed by atoms with Gasteiger partial charge in [-0.05, 0) is 54.7 Å². The number of amides is 1. The van der Waals surface area contributed by atoms with Crippen molar-refractivity contribution >= 4 is 24.0 Å². The summed E-state index contributed by atoms with van der Waals surface area (Å²) in [5.41, 5.74) is 8.29. The second-order valence-electron chi connectivity index (χ2n) is 6.14. The fourth-order valence-electron chi connectivity index (χ4n) is 3.22. The normalized spacial score (nSPS) is 16.7. The Hall–Kier alpha value is -2.07. The minimum atomic E-state index is -0.222. The molecule has 0 aromatic heterocycles. The van der Waals surface area contributed by atoms with E-state index in [9.17, 15) is 9.18 Å². The van der Waals surface area contributed by atoms with Crippen molar-refractivity contribution in [2.24, 2.45) is 0 Å². The van der Waals surface area contributed by atoms with Crippen LogP contribution in [-0.4, -0.2) is 23.4 Å². The minimum absolute atomic E-state index is 0. The Labute approximate surface area is 148 Å². The monoisotopic (exact) mass is 348 g/mol. The number of hydrogen-bond donors (Lipinski definition) is 1. The average Bonchev–Trinajstić information content (AvgIpc) is 2.98. The smallest absolute Gasteiger partial charge is 0.227 e. The highest BCUT2D eigenvalue weighted by Crippen LogP contribution is 2.22. The summed E-state index contributed by atoms with van der Waals surface area (Å²) in [6, 6.07) is 14.2. The third-order valence-electron chi connectivity index (χ3n) is 4.39. The van der Waals surface area contributed by atoms with E-state index >= 15 is 0 Å². The molecule has 1 aliphatic heterocycles. The highest BCUT2D eigenvalue weighted by molar-refractivity contribution is 5.85. The highest BCUT2D eigenvalue weighted by Gasteiger charge is 2.28. The first kappa shape index (κ1) is 18.3. The lowest BCUT2D eigenvalue weighted by atomic mass is 10.0. The van der Waals surface area contributed by atoms with Gasteiger partial charge in [0.1, 0.15) is 5.82 Å². The molecule has 1 atom stereocenters. The topological polar surface area (TPSA) is 46.3 Å². The Morgan fingerprint density at radius 3 is 2.62 bits per heavy atom. The number of rotatable bonds is 4. The van der Waals surface area contributed by atoms with E-state index < -0.39 is 0 Å². The van der Waals surface area contributed by atoms with Gasteiger partial charge in [0, 0.05) is 18.3 Å². The Morgan fingerprint density at radius 2 is 1.92 bits per heavy atom. The molecule has 1 saturated heterocycles. The number of anilines is 1. The number of hydrogen-bond acceptors (Lipinski definition) is 2. The molecule has 2 N–H and O–H groups in total. The lowest BCUT2D eigenvalue weighted by Crippen LogP contribution is -2.37. The van der Waals surface area contributed by atoms with Crippen LogP contribution in [0.3, 0.4) is 0 Å². The first-order chi connectivity index (χ1) is 11.1. The largest absolute Gasteiger partial charge is 0.399 e. The minimum Gasteiger partial charge on any atom is -0.399 e. The van der Waals surface area contributed by atoms with Gasteiger partial charge in [0.2, 0.25) is 5.91 Å². The van der Waals surface area contributed by atoms with E-state index in [4.69, 9.17) is 5.73 Å². The van der Waals surface area contributed by atoms with Crippen LogP contribution in [0, 0.1) is 5.82 Å². The molecule has 0 aliphatic carbocycles. The summed E-state index contributed by atoms with van der Waals surface area (Å²) in [7, 11) is 0. The van der Waals surface area contributed by atoms with E-state index in [0.29, 0.717) is 18.5 Å². The maximum absolute atomic E-state index is 13.3. The molecular formula is C19H22ClFN2O. The van der Waals surface area contributed by atoms with Gasteiger partial charge in [0.05, 0.1) is 6.42 Å².